The molecule has 0 fully saturated rings. The summed E-state index contributed by atoms with van der Waals surface area (Å²) in [5.41, 5.74) is 3.26. The van der Waals surface area contributed by atoms with Gasteiger partial charge in [-0.05, 0) is 50.2 Å². The van der Waals surface area contributed by atoms with Crippen LogP contribution in [0.5, 0.6) is 11.5 Å². The first-order valence-corrected chi connectivity index (χ1v) is 9.62. The fourth-order valence-electron chi connectivity index (χ4n) is 3.16. The molecule has 28 heavy (non-hydrogen) atoms. The lowest BCUT2D eigenvalue weighted by atomic mass is 10.0. The van der Waals surface area contributed by atoms with Gasteiger partial charge in [0.2, 0.25) is 0 Å². The predicted molar refractivity (Wildman–Crippen MR) is 113 cm³/mol. The lowest BCUT2D eigenvalue weighted by Crippen LogP contribution is -2.37. The van der Waals surface area contributed by atoms with E-state index in [0.717, 1.165) is 28.2 Å². The lowest BCUT2D eigenvalue weighted by Gasteiger charge is -2.26. The number of hydrogen-bond donors (Lipinski definition) is 1. The minimum atomic E-state index is -0.141. The first-order chi connectivity index (χ1) is 13.3. The molecule has 1 atom stereocenters. The highest BCUT2D eigenvalue weighted by Crippen LogP contribution is 2.28. The predicted octanol–water partition coefficient (Wildman–Crippen LogP) is 3.92. The first-order valence-electron chi connectivity index (χ1n) is 9.62. The molecule has 152 valence electrons. The van der Waals surface area contributed by atoms with Crippen molar-refractivity contribution in [3.05, 3.63) is 59.2 Å². The lowest BCUT2D eigenvalue weighted by molar-refractivity contribution is -0.123. The van der Waals surface area contributed by atoms with Crippen LogP contribution in [-0.4, -0.2) is 45.2 Å². The number of ether oxygens (including phenoxy) is 2. The summed E-state index contributed by atoms with van der Waals surface area (Å²) in [5.74, 6) is 1.78. The average molecular weight is 385 g/mol. The summed E-state index contributed by atoms with van der Waals surface area (Å²) < 4.78 is 11.3. The molecule has 5 heteroatoms. The summed E-state index contributed by atoms with van der Waals surface area (Å²) in [6.07, 6.45) is 0. The number of hydrogen-bond acceptors (Lipinski definition) is 4. The third kappa shape index (κ3) is 5.73. The third-order valence-electron chi connectivity index (χ3n) is 4.76. The van der Waals surface area contributed by atoms with Crippen LogP contribution in [0, 0.1) is 6.92 Å². The number of likely N-dealkylation sites (N-methyl/N-ethyl adjacent to an activating group) is 1. The van der Waals surface area contributed by atoms with Crippen LogP contribution >= 0.6 is 0 Å². The first kappa shape index (κ1) is 21.8. The van der Waals surface area contributed by atoms with Crippen molar-refractivity contribution in [3.8, 4) is 11.5 Å². The Hall–Kier alpha value is -2.53. The molecule has 2 aromatic carbocycles. The maximum atomic E-state index is 12.4. The van der Waals surface area contributed by atoms with E-state index < -0.39 is 0 Å². The van der Waals surface area contributed by atoms with Gasteiger partial charge >= 0.3 is 0 Å². The Bertz CT molecular complexity index is 787. The zero-order valence-corrected chi connectivity index (χ0v) is 17.8. The molecule has 0 heterocycles. The molecule has 0 aromatic heterocycles. The Balaban J connectivity index is 2.00. The highest BCUT2D eigenvalue weighted by Gasteiger charge is 2.19. The molecular weight excluding hydrogens is 352 g/mol. The van der Waals surface area contributed by atoms with Crippen LogP contribution in [-0.2, 0) is 4.79 Å². The minimum absolute atomic E-state index is 0.00472. The number of carbonyl (C=O) groups excluding carboxylic acids is 1. The molecule has 5 nitrogen and oxygen atoms in total. The molecule has 0 radical (unpaired) electrons. The van der Waals surface area contributed by atoms with Crippen LogP contribution < -0.4 is 14.8 Å². The van der Waals surface area contributed by atoms with E-state index in [0.29, 0.717) is 12.5 Å². The molecule has 0 aliphatic carbocycles. The van der Waals surface area contributed by atoms with Gasteiger partial charge in [0.15, 0.2) is 6.61 Å². The minimum Gasteiger partial charge on any atom is -0.496 e. The van der Waals surface area contributed by atoms with Crippen LogP contribution in [0.2, 0.25) is 0 Å². The van der Waals surface area contributed by atoms with Crippen molar-refractivity contribution in [1.82, 2.24) is 10.2 Å². The van der Waals surface area contributed by atoms with E-state index in [9.17, 15) is 4.79 Å². The number of rotatable bonds is 9. The number of nitrogens with one attached hydrogen (secondary N) is 1. The third-order valence-corrected chi connectivity index (χ3v) is 4.76. The van der Waals surface area contributed by atoms with Crippen molar-refractivity contribution in [2.75, 3.05) is 34.4 Å². The van der Waals surface area contributed by atoms with Crippen LogP contribution in [0.3, 0.4) is 0 Å². The van der Waals surface area contributed by atoms with Gasteiger partial charge in [-0.2, -0.15) is 0 Å². The summed E-state index contributed by atoms with van der Waals surface area (Å²) in [7, 11) is 5.63. The van der Waals surface area contributed by atoms with E-state index in [4.69, 9.17) is 9.47 Å². The van der Waals surface area contributed by atoms with Crippen LogP contribution in [0.15, 0.2) is 42.5 Å². The van der Waals surface area contributed by atoms with Crippen molar-refractivity contribution in [3.63, 3.8) is 0 Å². The van der Waals surface area contributed by atoms with Gasteiger partial charge in [-0.1, -0.05) is 44.2 Å². The maximum Gasteiger partial charge on any atom is 0.258 e. The monoisotopic (exact) mass is 384 g/mol. The number of methoxy groups -OCH3 is 1. The molecule has 1 N–H and O–H groups in total. The largest absolute Gasteiger partial charge is 0.496 e. The van der Waals surface area contributed by atoms with Gasteiger partial charge in [-0.25, -0.2) is 0 Å². The fourth-order valence-corrected chi connectivity index (χ4v) is 3.16. The summed E-state index contributed by atoms with van der Waals surface area (Å²) in [5, 5.41) is 2.99. The topological polar surface area (TPSA) is 50.8 Å². The maximum absolute atomic E-state index is 12.4. The standard InChI is InChI=1S/C23H32N2O3/c1-16(2)18-12-11-17(3)13-22(18)28-15-23(26)24-14-20(25(4)5)19-9-7-8-10-21(19)27-6/h7-13,16,20H,14-15H2,1-6H3,(H,24,26)/t20-/m0/s1. The van der Waals surface area contributed by atoms with Crippen molar-refractivity contribution >= 4 is 5.91 Å². The molecular formula is C23H32N2O3. The zero-order chi connectivity index (χ0) is 20.7. The van der Waals surface area contributed by atoms with Gasteiger partial charge in [-0.3, -0.25) is 4.79 Å². The van der Waals surface area contributed by atoms with Crippen LogP contribution in [0.1, 0.15) is 42.5 Å². The van der Waals surface area contributed by atoms with E-state index in [2.05, 4.69) is 36.2 Å². The number of nitrogens with zero attached hydrogens (tertiary/aromatic N) is 1. The van der Waals surface area contributed by atoms with E-state index in [-0.39, 0.29) is 18.6 Å². The molecule has 2 aromatic rings. The van der Waals surface area contributed by atoms with Gasteiger partial charge in [0.1, 0.15) is 11.5 Å². The van der Waals surface area contributed by atoms with E-state index in [1.54, 1.807) is 7.11 Å². The van der Waals surface area contributed by atoms with Crippen molar-refractivity contribution in [2.24, 2.45) is 0 Å². The number of amides is 1. The molecule has 0 aliphatic heterocycles. The van der Waals surface area contributed by atoms with Crippen molar-refractivity contribution < 1.29 is 14.3 Å². The highest BCUT2D eigenvalue weighted by molar-refractivity contribution is 5.77. The Morgan fingerprint density at radius 3 is 2.43 bits per heavy atom. The fraction of sp³-hybridized carbons (Fsp3) is 0.435. The molecule has 0 bridgehead atoms. The highest BCUT2D eigenvalue weighted by atomic mass is 16.5. The second-order valence-electron chi connectivity index (χ2n) is 7.51. The smallest absolute Gasteiger partial charge is 0.258 e. The Morgan fingerprint density at radius 2 is 1.79 bits per heavy atom. The number of aryl methyl sites for hydroxylation is 1. The summed E-state index contributed by atoms with van der Waals surface area (Å²) >= 11 is 0. The van der Waals surface area contributed by atoms with Crippen molar-refractivity contribution in [2.45, 2.75) is 32.7 Å². The number of benzene rings is 2. The van der Waals surface area contributed by atoms with Crippen molar-refractivity contribution in [1.29, 1.82) is 0 Å². The second-order valence-corrected chi connectivity index (χ2v) is 7.51. The van der Waals surface area contributed by atoms with Gasteiger partial charge in [-0.15, -0.1) is 0 Å². The summed E-state index contributed by atoms with van der Waals surface area (Å²) in [6, 6.07) is 14.0. The molecule has 0 saturated carbocycles. The number of para-hydroxylation sites is 1. The van der Waals surface area contributed by atoms with E-state index in [1.807, 2.05) is 51.4 Å². The van der Waals surface area contributed by atoms with Crippen LogP contribution in [0.4, 0.5) is 0 Å². The SMILES string of the molecule is COc1ccccc1[C@H](CNC(=O)COc1cc(C)ccc1C(C)C)N(C)C. The quantitative estimate of drug-likeness (QED) is 0.712. The van der Waals surface area contributed by atoms with E-state index in [1.165, 1.54) is 0 Å². The Kier molecular flexibility index (Phi) is 7.88. The Labute approximate surface area is 168 Å². The van der Waals surface area contributed by atoms with Gasteiger partial charge < -0.3 is 19.7 Å². The normalized spacial score (nSPS) is 12.1. The number of carbonyl (C=O) groups is 1. The van der Waals surface area contributed by atoms with Gasteiger partial charge in [0.05, 0.1) is 13.2 Å². The molecule has 1 amide bonds. The molecule has 0 aliphatic rings. The molecule has 0 spiro atoms. The van der Waals surface area contributed by atoms with E-state index >= 15 is 0 Å². The average Bonchev–Trinajstić information content (AvgIpc) is 2.66. The Morgan fingerprint density at radius 1 is 1.07 bits per heavy atom. The summed E-state index contributed by atoms with van der Waals surface area (Å²) in [4.78, 5) is 14.5. The van der Waals surface area contributed by atoms with Crippen LogP contribution in [0.25, 0.3) is 0 Å². The summed E-state index contributed by atoms with van der Waals surface area (Å²) in [6.45, 7) is 6.72. The van der Waals surface area contributed by atoms with Gasteiger partial charge in [0.25, 0.3) is 5.91 Å². The zero-order valence-electron chi connectivity index (χ0n) is 17.8. The second kappa shape index (κ2) is 10.1. The van der Waals surface area contributed by atoms with Gasteiger partial charge in [0, 0.05) is 12.1 Å². The molecule has 2 rings (SSSR count). The molecule has 0 saturated heterocycles. The molecule has 0 unspecified atom stereocenters.